The summed E-state index contributed by atoms with van der Waals surface area (Å²) in [6.07, 6.45) is 3.46. The zero-order valence-corrected chi connectivity index (χ0v) is 14.6. The molecule has 1 heterocycles. The summed E-state index contributed by atoms with van der Waals surface area (Å²) in [5.74, 6) is 0.737. The minimum atomic E-state index is 0.00350. The molecule has 1 aromatic heterocycles. The zero-order valence-electron chi connectivity index (χ0n) is 12.2. The van der Waals surface area contributed by atoms with Crippen LogP contribution < -0.4 is 5.32 Å². The molecule has 1 aliphatic rings. The molecule has 110 valence electrons. The smallest absolute Gasteiger partial charge is 0.265 e. The molecule has 21 heavy (non-hydrogen) atoms. The number of aryl methyl sites for hydroxylation is 2. The minimum Gasteiger partial charge on any atom is -0.321 e. The lowest BCUT2D eigenvalue weighted by Crippen LogP contribution is -2.10. The van der Waals surface area contributed by atoms with E-state index < -0.39 is 0 Å². The lowest BCUT2D eigenvalue weighted by atomic mass is 9.90. The molecule has 0 radical (unpaired) electrons. The zero-order chi connectivity index (χ0) is 15.0. The van der Waals surface area contributed by atoms with Crippen molar-refractivity contribution in [1.82, 2.24) is 0 Å². The largest absolute Gasteiger partial charge is 0.321 e. The molecule has 1 atom stereocenters. The average molecular weight is 364 g/mol. The Balaban J connectivity index is 1.78. The van der Waals surface area contributed by atoms with Crippen molar-refractivity contribution in [2.75, 3.05) is 5.32 Å². The number of benzene rings is 1. The summed E-state index contributed by atoms with van der Waals surface area (Å²) < 4.78 is 1.06. The Hall–Kier alpha value is -1.13. The van der Waals surface area contributed by atoms with Crippen molar-refractivity contribution in [1.29, 1.82) is 0 Å². The van der Waals surface area contributed by atoms with Gasteiger partial charge in [0.25, 0.3) is 5.91 Å². The highest BCUT2D eigenvalue weighted by atomic mass is 79.9. The van der Waals surface area contributed by atoms with Gasteiger partial charge < -0.3 is 5.32 Å². The van der Waals surface area contributed by atoms with Crippen molar-refractivity contribution in [3.8, 4) is 0 Å². The molecule has 2 nitrogen and oxygen atoms in total. The number of halogens is 1. The van der Waals surface area contributed by atoms with E-state index in [-0.39, 0.29) is 5.91 Å². The van der Waals surface area contributed by atoms with E-state index in [1.54, 1.807) is 11.3 Å². The Bertz CT molecular complexity index is 692. The molecule has 1 amide bonds. The summed E-state index contributed by atoms with van der Waals surface area (Å²) in [6, 6.07) is 7.95. The number of thiophene rings is 1. The van der Waals surface area contributed by atoms with E-state index in [0.29, 0.717) is 0 Å². The van der Waals surface area contributed by atoms with Gasteiger partial charge in [0, 0.05) is 15.0 Å². The van der Waals surface area contributed by atoms with Crippen LogP contribution in [-0.2, 0) is 12.8 Å². The van der Waals surface area contributed by atoms with E-state index in [2.05, 4.69) is 34.2 Å². The molecule has 0 saturated heterocycles. The molecule has 4 heteroatoms. The maximum Gasteiger partial charge on any atom is 0.265 e. The quantitative estimate of drug-likeness (QED) is 0.780. The molecule has 1 aromatic carbocycles. The number of rotatable bonds is 2. The highest BCUT2D eigenvalue weighted by molar-refractivity contribution is 9.10. The molecule has 1 aliphatic carbocycles. The molecular weight excluding hydrogens is 346 g/mol. The second-order valence-electron chi connectivity index (χ2n) is 5.83. The van der Waals surface area contributed by atoms with Crippen LogP contribution in [0, 0.1) is 12.8 Å². The van der Waals surface area contributed by atoms with Gasteiger partial charge in [-0.3, -0.25) is 4.79 Å². The van der Waals surface area contributed by atoms with E-state index in [4.69, 9.17) is 0 Å². The fourth-order valence-corrected chi connectivity index (χ4v) is 4.08. The second kappa shape index (κ2) is 5.93. The maximum atomic E-state index is 12.4. The van der Waals surface area contributed by atoms with E-state index in [9.17, 15) is 4.79 Å². The van der Waals surface area contributed by atoms with Crippen LogP contribution in [-0.4, -0.2) is 5.91 Å². The highest BCUT2D eigenvalue weighted by Gasteiger charge is 2.20. The van der Waals surface area contributed by atoms with E-state index in [1.165, 1.54) is 16.9 Å². The van der Waals surface area contributed by atoms with Gasteiger partial charge in [-0.05, 0) is 67.5 Å². The Labute approximate surface area is 137 Å². The fraction of sp³-hybridized carbons (Fsp3) is 0.353. The number of fused-ring (bicyclic) bond motifs is 1. The van der Waals surface area contributed by atoms with Gasteiger partial charge in [0.15, 0.2) is 0 Å². The lowest BCUT2D eigenvalue weighted by Gasteiger charge is -2.16. The van der Waals surface area contributed by atoms with Crippen LogP contribution in [0.15, 0.2) is 28.7 Å². The molecule has 0 spiro atoms. The Morgan fingerprint density at radius 2 is 2.19 bits per heavy atom. The van der Waals surface area contributed by atoms with Crippen LogP contribution in [0.3, 0.4) is 0 Å². The van der Waals surface area contributed by atoms with Crippen molar-refractivity contribution >= 4 is 38.9 Å². The third-order valence-electron chi connectivity index (χ3n) is 3.97. The van der Waals surface area contributed by atoms with E-state index in [1.807, 2.05) is 25.1 Å². The van der Waals surface area contributed by atoms with Gasteiger partial charge >= 0.3 is 0 Å². The molecule has 0 fully saturated rings. The van der Waals surface area contributed by atoms with Crippen molar-refractivity contribution in [2.45, 2.75) is 33.1 Å². The summed E-state index contributed by atoms with van der Waals surface area (Å²) in [5, 5.41) is 3.00. The van der Waals surface area contributed by atoms with E-state index >= 15 is 0 Å². The minimum absolute atomic E-state index is 0.00350. The highest BCUT2D eigenvalue weighted by Crippen LogP contribution is 2.32. The van der Waals surface area contributed by atoms with Gasteiger partial charge in [0.2, 0.25) is 0 Å². The van der Waals surface area contributed by atoms with Crippen LogP contribution in [0.1, 0.15) is 39.0 Å². The number of carbonyl (C=O) groups is 1. The summed E-state index contributed by atoms with van der Waals surface area (Å²) in [6.45, 7) is 4.30. The third-order valence-corrected chi connectivity index (χ3v) is 6.09. The third kappa shape index (κ3) is 3.22. The first-order valence-corrected chi connectivity index (χ1v) is 8.83. The molecule has 0 aliphatic heterocycles. The maximum absolute atomic E-state index is 12.4. The summed E-state index contributed by atoms with van der Waals surface area (Å²) in [4.78, 5) is 14.6. The molecular formula is C17H18BrNOS. The molecule has 0 bridgehead atoms. The number of amides is 1. The second-order valence-corrected chi connectivity index (χ2v) is 7.82. The summed E-state index contributed by atoms with van der Waals surface area (Å²) in [5.41, 5.74) is 3.34. The summed E-state index contributed by atoms with van der Waals surface area (Å²) >= 11 is 5.12. The lowest BCUT2D eigenvalue weighted by molar-refractivity contribution is 0.103. The Morgan fingerprint density at radius 1 is 1.38 bits per heavy atom. The van der Waals surface area contributed by atoms with Crippen LogP contribution in [0.2, 0.25) is 0 Å². The van der Waals surface area contributed by atoms with E-state index in [0.717, 1.165) is 39.4 Å². The first-order valence-electron chi connectivity index (χ1n) is 7.22. The van der Waals surface area contributed by atoms with Gasteiger partial charge in [-0.2, -0.15) is 0 Å². The standard InChI is InChI=1S/C17H18BrNOS/c1-10-3-6-15-12(7-10)9-16(21-15)17(20)19-13-4-5-14(18)11(2)8-13/h4-5,8-10H,3,6-7H2,1-2H3,(H,19,20)/t10-/m1/s1. The fourth-order valence-electron chi connectivity index (χ4n) is 2.73. The summed E-state index contributed by atoms with van der Waals surface area (Å²) in [7, 11) is 0. The van der Waals surface area contributed by atoms with Crippen LogP contribution in [0.5, 0.6) is 0 Å². The first-order chi connectivity index (χ1) is 10.0. The average Bonchev–Trinajstić information content (AvgIpc) is 2.86. The number of hydrogen-bond acceptors (Lipinski definition) is 2. The van der Waals surface area contributed by atoms with Gasteiger partial charge in [-0.15, -0.1) is 11.3 Å². The SMILES string of the molecule is Cc1cc(NC(=O)c2cc3c(s2)CC[C@@H](C)C3)ccc1Br. The number of hydrogen-bond donors (Lipinski definition) is 1. The Kier molecular flexibility index (Phi) is 4.18. The van der Waals surface area contributed by atoms with Crippen molar-refractivity contribution in [3.63, 3.8) is 0 Å². The van der Waals surface area contributed by atoms with Gasteiger partial charge in [-0.1, -0.05) is 22.9 Å². The molecule has 1 N–H and O–H groups in total. The predicted octanol–water partition coefficient (Wildman–Crippen LogP) is 5.20. The number of anilines is 1. The molecule has 0 saturated carbocycles. The van der Waals surface area contributed by atoms with Crippen molar-refractivity contribution in [3.05, 3.63) is 49.6 Å². The molecule has 2 aromatic rings. The van der Waals surface area contributed by atoms with Crippen LogP contribution in [0.4, 0.5) is 5.69 Å². The van der Waals surface area contributed by atoms with Crippen LogP contribution >= 0.6 is 27.3 Å². The van der Waals surface area contributed by atoms with Gasteiger partial charge in [0.1, 0.15) is 0 Å². The molecule has 0 unspecified atom stereocenters. The molecule has 3 rings (SSSR count). The number of nitrogens with one attached hydrogen (secondary N) is 1. The van der Waals surface area contributed by atoms with Crippen LogP contribution in [0.25, 0.3) is 0 Å². The first kappa shape index (κ1) is 14.8. The van der Waals surface area contributed by atoms with Crippen molar-refractivity contribution < 1.29 is 4.79 Å². The van der Waals surface area contributed by atoms with Gasteiger partial charge in [0.05, 0.1) is 4.88 Å². The monoisotopic (exact) mass is 363 g/mol. The van der Waals surface area contributed by atoms with Gasteiger partial charge in [-0.25, -0.2) is 0 Å². The Morgan fingerprint density at radius 3 is 2.95 bits per heavy atom. The normalized spacial score (nSPS) is 17.4. The predicted molar refractivity (Wildman–Crippen MR) is 92.3 cm³/mol. The topological polar surface area (TPSA) is 29.1 Å². The number of carbonyl (C=O) groups excluding carboxylic acids is 1. The van der Waals surface area contributed by atoms with Crippen molar-refractivity contribution in [2.24, 2.45) is 5.92 Å².